The molecule has 6 heteroatoms. The molecule has 26 heavy (non-hydrogen) atoms. The molecule has 0 aliphatic carbocycles. The van der Waals surface area contributed by atoms with Gasteiger partial charge in [-0.2, -0.15) is 0 Å². The quantitative estimate of drug-likeness (QED) is 0.727. The first-order valence-corrected chi connectivity index (χ1v) is 9.24. The van der Waals surface area contributed by atoms with Crippen LogP contribution in [0.3, 0.4) is 0 Å². The molecule has 1 fully saturated rings. The summed E-state index contributed by atoms with van der Waals surface area (Å²) in [4.78, 5) is 16.7. The van der Waals surface area contributed by atoms with Crippen molar-refractivity contribution in [2.75, 3.05) is 26.8 Å². The summed E-state index contributed by atoms with van der Waals surface area (Å²) in [5, 5.41) is 4.00. The molecule has 1 aromatic carbocycles. The number of carbonyl (C=O) groups excluding carboxylic acids is 1. The molecule has 2 heterocycles. The molecule has 1 aliphatic rings. The Labute approximate surface area is 154 Å². The van der Waals surface area contributed by atoms with Crippen molar-refractivity contribution < 1.29 is 14.1 Å². The summed E-state index contributed by atoms with van der Waals surface area (Å²) in [7, 11) is 2.02. The lowest BCUT2D eigenvalue weighted by Crippen LogP contribution is -2.38. The fourth-order valence-electron chi connectivity index (χ4n) is 3.38. The second kappa shape index (κ2) is 8.96. The normalized spacial score (nSPS) is 17.2. The average Bonchev–Trinajstić information content (AvgIpc) is 3.29. The first-order chi connectivity index (χ1) is 12.7. The number of nitrogens with zero attached hydrogens (tertiary/aromatic N) is 3. The van der Waals surface area contributed by atoms with Gasteiger partial charge < -0.3 is 14.2 Å². The average molecular weight is 357 g/mol. The highest BCUT2D eigenvalue weighted by Crippen LogP contribution is 2.21. The maximum atomic E-state index is 12.7. The third kappa shape index (κ3) is 4.71. The molecule has 0 N–H and O–H groups in total. The summed E-state index contributed by atoms with van der Waals surface area (Å²) in [5.74, 6) is 0.639. The van der Waals surface area contributed by atoms with E-state index in [2.05, 4.69) is 22.2 Å². The minimum Gasteiger partial charge on any atom is -0.380 e. The number of carbonyl (C=O) groups is 1. The van der Waals surface area contributed by atoms with Gasteiger partial charge in [-0.3, -0.25) is 9.69 Å². The fraction of sp³-hybridized carbons (Fsp3) is 0.500. The predicted octanol–water partition coefficient (Wildman–Crippen LogP) is 2.95. The molecule has 0 bridgehead atoms. The highest BCUT2D eigenvalue weighted by atomic mass is 16.5. The zero-order chi connectivity index (χ0) is 18.4. The van der Waals surface area contributed by atoms with Crippen LogP contribution in [0, 0.1) is 0 Å². The van der Waals surface area contributed by atoms with Gasteiger partial charge >= 0.3 is 0 Å². The smallest absolute Gasteiger partial charge is 0.276 e. The van der Waals surface area contributed by atoms with E-state index in [0.29, 0.717) is 31.2 Å². The molecule has 6 nitrogen and oxygen atoms in total. The zero-order valence-corrected chi connectivity index (χ0v) is 15.6. The van der Waals surface area contributed by atoms with Crippen molar-refractivity contribution in [2.45, 2.75) is 38.9 Å². The Hall–Kier alpha value is -2.18. The van der Waals surface area contributed by atoms with E-state index in [9.17, 15) is 4.79 Å². The van der Waals surface area contributed by atoms with Crippen LogP contribution in [0.25, 0.3) is 0 Å². The molecule has 1 amide bonds. The van der Waals surface area contributed by atoms with Crippen LogP contribution in [0.2, 0.25) is 0 Å². The van der Waals surface area contributed by atoms with Gasteiger partial charge in [-0.25, -0.2) is 0 Å². The van der Waals surface area contributed by atoms with E-state index in [-0.39, 0.29) is 11.9 Å². The number of likely N-dealkylation sites (tertiary alicyclic amines) is 1. The number of amides is 1. The third-order valence-electron chi connectivity index (χ3n) is 4.65. The lowest BCUT2D eigenvalue weighted by molar-refractivity contribution is 0.0556. The van der Waals surface area contributed by atoms with Gasteiger partial charge in [-0.15, -0.1) is 0 Å². The van der Waals surface area contributed by atoms with E-state index >= 15 is 0 Å². The van der Waals surface area contributed by atoms with Gasteiger partial charge in [0.05, 0.1) is 19.2 Å². The Kier molecular flexibility index (Phi) is 6.41. The summed E-state index contributed by atoms with van der Waals surface area (Å²) in [6.45, 7) is 5.40. The molecular formula is C20H27N3O3. The van der Waals surface area contributed by atoms with E-state index in [0.717, 1.165) is 25.9 Å². The molecule has 2 aromatic rings. The lowest BCUT2D eigenvalue weighted by atomic mass is 10.2. The highest BCUT2D eigenvalue weighted by molar-refractivity contribution is 5.92. The van der Waals surface area contributed by atoms with E-state index in [1.54, 1.807) is 6.07 Å². The second-order valence-electron chi connectivity index (χ2n) is 6.79. The molecule has 0 saturated carbocycles. The van der Waals surface area contributed by atoms with E-state index in [1.807, 2.05) is 37.1 Å². The third-order valence-corrected chi connectivity index (χ3v) is 4.65. The number of rotatable bonds is 8. The molecule has 1 unspecified atom stereocenters. The Morgan fingerprint density at radius 1 is 1.35 bits per heavy atom. The first kappa shape index (κ1) is 18.6. The standard InChI is InChI=1S/C20H27N3O3/c1-3-25-15-17-10-7-11-23(17)20(24)19-12-18(26-21-19)14-22(2)13-16-8-5-4-6-9-16/h4-6,8-9,12,17H,3,7,10-11,13-15H2,1-2H3. The van der Waals surface area contributed by atoms with Crippen molar-refractivity contribution in [1.82, 2.24) is 15.0 Å². The SMILES string of the molecule is CCOCC1CCCN1C(=O)c1cc(CN(C)Cc2ccccc2)on1. The fourth-order valence-corrected chi connectivity index (χ4v) is 3.38. The Balaban J connectivity index is 1.57. The molecular weight excluding hydrogens is 330 g/mol. The minimum atomic E-state index is -0.0621. The van der Waals surface area contributed by atoms with Crippen molar-refractivity contribution >= 4 is 5.91 Å². The van der Waals surface area contributed by atoms with Crippen LogP contribution < -0.4 is 0 Å². The predicted molar refractivity (Wildman–Crippen MR) is 98.7 cm³/mol. The van der Waals surface area contributed by atoms with Crippen LogP contribution in [0.15, 0.2) is 40.9 Å². The topological polar surface area (TPSA) is 58.8 Å². The van der Waals surface area contributed by atoms with Crippen LogP contribution in [-0.4, -0.2) is 53.7 Å². The van der Waals surface area contributed by atoms with E-state index in [1.165, 1.54) is 5.56 Å². The number of aromatic nitrogens is 1. The summed E-state index contributed by atoms with van der Waals surface area (Å²) < 4.78 is 10.9. The van der Waals surface area contributed by atoms with Gasteiger partial charge in [-0.1, -0.05) is 35.5 Å². The van der Waals surface area contributed by atoms with Crippen molar-refractivity contribution in [2.24, 2.45) is 0 Å². The van der Waals surface area contributed by atoms with Gasteiger partial charge in [0, 0.05) is 25.8 Å². The molecule has 1 saturated heterocycles. The Morgan fingerprint density at radius 2 is 2.15 bits per heavy atom. The lowest BCUT2D eigenvalue weighted by Gasteiger charge is -2.23. The molecule has 3 rings (SSSR count). The number of benzene rings is 1. The maximum absolute atomic E-state index is 12.7. The highest BCUT2D eigenvalue weighted by Gasteiger charge is 2.31. The summed E-state index contributed by atoms with van der Waals surface area (Å²) in [6.07, 6.45) is 1.99. The Bertz CT molecular complexity index is 701. The summed E-state index contributed by atoms with van der Waals surface area (Å²) in [6, 6.07) is 12.2. The van der Waals surface area contributed by atoms with Crippen LogP contribution in [0.1, 0.15) is 41.6 Å². The van der Waals surface area contributed by atoms with Crippen molar-refractivity contribution in [3.8, 4) is 0 Å². The van der Waals surface area contributed by atoms with Crippen LogP contribution >= 0.6 is 0 Å². The van der Waals surface area contributed by atoms with Gasteiger partial charge in [0.2, 0.25) is 0 Å². The van der Waals surface area contributed by atoms with Crippen molar-refractivity contribution in [1.29, 1.82) is 0 Å². The minimum absolute atomic E-state index is 0.0621. The van der Waals surface area contributed by atoms with E-state index < -0.39 is 0 Å². The van der Waals surface area contributed by atoms with Crippen molar-refractivity contribution in [3.63, 3.8) is 0 Å². The molecule has 140 valence electrons. The van der Waals surface area contributed by atoms with Crippen LogP contribution in [0.5, 0.6) is 0 Å². The van der Waals surface area contributed by atoms with Gasteiger partial charge in [0.15, 0.2) is 11.5 Å². The molecule has 0 spiro atoms. The number of hydrogen-bond donors (Lipinski definition) is 0. The largest absolute Gasteiger partial charge is 0.380 e. The molecule has 1 aromatic heterocycles. The monoisotopic (exact) mass is 357 g/mol. The van der Waals surface area contributed by atoms with Crippen LogP contribution in [0.4, 0.5) is 0 Å². The molecule has 1 atom stereocenters. The van der Waals surface area contributed by atoms with E-state index in [4.69, 9.17) is 9.26 Å². The van der Waals surface area contributed by atoms with Gasteiger partial charge in [-0.05, 0) is 32.4 Å². The zero-order valence-electron chi connectivity index (χ0n) is 15.6. The number of ether oxygens (including phenoxy) is 1. The first-order valence-electron chi connectivity index (χ1n) is 9.24. The number of hydrogen-bond acceptors (Lipinski definition) is 5. The summed E-state index contributed by atoms with van der Waals surface area (Å²) in [5.41, 5.74) is 1.62. The molecule has 0 radical (unpaired) electrons. The van der Waals surface area contributed by atoms with Gasteiger partial charge in [0.25, 0.3) is 5.91 Å². The van der Waals surface area contributed by atoms with Crippen LogP contribution in [-0.2, 0) is 17.8 Å². The van der Waals surface area contributed by atoms with Crippen molar-refractivity contribution in [3.05, 3.63) is 53.4 Å². The van der Waals surface area contributed by atoms with Gasteiger partial charge in [0.1, 0.15) is 0 Å². The second-order valence-corrected chi connectivity index (χ2v) is 6.79. The summed E-state index contributed by atoms with van der Waals surface area (Å²) >= 11 is 0. The Morgan fingerprint density at radius 3 is 2.92 bits per heavy atom. The maximum Gasteiger partial charge on any atom is 0.276 e. The molecule has 1 aliphatic heterocycles.